The molecule has 2 aliphatic heterocycles. The lowest BCUT2D eigenvalue weighted by Gasteiger charge is -2.34. The van der Waals surface area contributed by atoms with Crippen molar-refractivity contribution in [2.75, 3.05) is 105 Å². The summed E-state index contributed by atoms with van der Waals surface area (Å²) >= 11 is 12.9. The standard InChI is InChI=1S/C29H37Cl2N9O4/c1-36-10-13-39(27(41)19-36)23-5-7-26(35-28(23)21-3-2-20(30)18-22(21)31)38(12-11-37-14-16-44-17-15-37)9-8-33-25-6-4-24(40(42)43)29(32)34-25/h2-7,18,42-43H,8-17,19H2,1H3,(H3,32,33,34). The van der Waals surface area contributed by atoms with Crippen molar-refractivity contribution in [1.29, 1.82) is 0 Å². The van der Waals surface area contributed by atoms with Gasteiger partial charge in [-0.3, -0.25) is 25.0 Å². The SMILES string of the molecule is CN1CCN(c2ccc(N(CCNc3ccc(N(O)O)c(N)n3)CCN3CCOCC3)nc2-c2ccc(Cl)cc2Cl)C(=O)C1. The van der Waals surface area contributed by atoms with E-state index in [9.17, 15) is 15.2 Å². The monoisotopic (exact) mass is 645 g/mol. The summed E-state index contributed by atoms with van der Waals surface area (Å²) < 4.78 is 5.52. The number of nitrogens with one attached hydrogen (secondary N) is 1. The van der Waals surface area contributed by atoms with Crippen molar-refractivity contribution in [2.45, 2.75) is 0 Å². The number of likely N-dealkylation sites (N-methyl/N-ethyl adjacent to an activating group) is 1. The van der Waals surface area contributed by atoms with Crippen molar-refractivity contribution < 1.29 is 19.9 Å². The molecule has 2 aliphatic rings. The van der Waals surface area contributed by atoms with Gasteiger partial charge in [-0.05, 0) is 49.5 Å². The van der Waals surface area contributed by atoms with Crippen LogP contribution in [0.5, 0.6) is 0 Å². The minimum absolute atomic E-state index is 0.00341. The highest BCUT2D eigenvalue weighted by molar-refractivity contribution is 6.36. The fraction of sp³-hybridized carbons (Fsp3) is 0.414. The van der Waals surface area contributed by atoms with E-state index in [1.54, 1.807) is 23.1 Å². The van der Waals surface area contributed by atoms with Crippen LogP contribution in [0, 0.1) is 0 Å². The van der Waals surface area contributed by atoms with Gasteiger partial charge in [-0.25, -0.2) is 9.97 Å². The van der Waals surface area contributed by atoms with Crippen LogP contribution in [0.3, 0.4) is 0 Å². The summed E-state index contributed by atoms with van der Waals surface area (Å²) in [6, 6.07) is 12.2. The largest absolute Gasteiger partial charge is 0.382 e. The number of carbonyl (C=O) groups is 1. The zero-order chi connectivity index (χ0) is 31.2. The molecule has 2 aromatic heterocycles. The molecule has 4 heterocycles. The molecule has 0 radical (unpaired) electrons. The molecule has 3 aromatic rings. The second-order valence-electron chi connectivity index (χ2n) is 10.7. The number of amides is 1. The van der Waals surface area contributed by atoms with Gasteiger partial charge in [0.25, 0.3) is 0 Å². The first-order valence-corrected chi connectivity index (χ1v) is 15.1. The van der Waals surface area contributed by atoms with Crippen molar-refractivity contribution in [3.05, 3.63) is 52.5 Å². The zero-order valence-corrected chi connectivity index (χ0v) is 26.0. The van der Waals surface area contributed by atoms with Crippen molar-refractivity contribution in [3.8, 4) is 11.3 Å². The average Bonchev–Trinajstić information content (AvgIpc) is 2.99. The molecule has 13 nitrogen and oxygen atoms in total. The van der Waals surface area contributed by atoms with Crippen LogP contribution in [0.2, 0.25) is 10.0 Å². The van der Waals surface area contributed by atoms with Gasteiger partial charge in [0.05, 0.1) is 36.2 Å². The van der Waals surface area contributed by atoms with E-state index in [1.165, 1.54) is 6.07 Å². The Kier molecular flexibility index (Phi) is 10.6. The predicted octanol–water partition coefficient (Wildman–Crippen LogP) is 3.15. The van der Waals surface area contributed by atoms with Gasteiger partial charge in [0.15, 0.2) is 5.82 Å². The number of rotatable bonds is 11. The van der Waals surface area contributed by atoms with Crippen molar-refractivity contribution in [1.82, 2.24) is 19.8 Å². The Balaban J connectivity index is 1.44. The Hall–Kier alpha value is -3.43. The lowest BCUT2D eigenvalue weighted by Crippen LogP contribution is -2.49. The summed E-state index contributed by atoms with van der Waals surface area (Å²) in [6.45, 7) is 7.28. The topological polar surface area (TPSA) is 147 Å². The molecular weight excluding hydrogens is 609 g/mol. The number of benzene rings is 1. The van der Waals surface area contributed by atoms with Gasteiger partial charge in [0.1, 0.15) is 17.3 Å². The third-order valence-corrected chi connectivity index (χ3v) is 8.22. The van der Waals surface area contributed by atoms with Gasteiger partial charge in [0.2, 0.25) is 5.91 Å². The summed E-state index contributed by atoms with van der Waals surface area (Å²) in [6.07, 6.45) is 0. The first-order chi connectivity index (χ1) is 21.2. The number of morpholine rings is 1. The Bertz CT molecular complexity index is 1460. The van der Waals surface area contributed by atoms with Crippen molar-refractivity contribution in [2.24, 2.45) is 0 Å². The molecule has 44 heavy (non-hydrogen) atoms. The first kappa shape index (κ1) is 32.0. The number of nitrogens with zero attached hydrogens (tertiary/aromatic N) is 7. The number of carbonyl (C=O) groups excluding carboxylic acids is 1. The van der Waals surface area contributed by atoms with Gasteiger partial charge < -0.3 is 25.6 Å². The number of nitrogens with two attached hydrogens (primary N) is 1. The predicted molar refractivity (Wildman–Crippen MR) is 172 cm³/mol. The van der Waals surface area contributed by atoms with Crippen LogP contribution in [-0.2, 0) is 9.53 Å². The summed E-state index contributed by atoms with van der Waals surface area (Å²) in [7, 11) is 1.93. The Morgan fingerprint density at radius 3 is 2.52 bits per heavy atom. The van der Waals surface area contributed by atoms with Gasteiger partial charge in [-0.15, -0.1) is 5.23 Å². The number of piperazine rings is 1. The number of nitrogen functional groups attached to an aromatic ring is 1. The van der Waals surface area contributed by atoms with E-state index in [0.717, 1.165) is 32.0 Å². The second-order valence-corrected chi connectivity index (χ2v) is 11.5. The average molecular weight is 647 g/mol. The molecular formula is C29H37Cl2N9O4. The van der Waals surface area contributed by atoms with Crippen molar-refractivity contribution >= 4 is 57.9 Å². The number of ether oxygens (including phenoxy) is 1. The fourth-order valence-corrected chi connectivity index (χ4v) is 5.74. The third kappa shape index (κ3) is 7.80. The smallest absolute Gasteiger partial charge is 0.241 e. The molecule has 15 heteroatoms. The number of hydrogen-bond acceptors (Lipinski definition) is 12. The molecule has 0 unspecified atom stereocenters. The second kappa shape index (κ2) is 14.6. The molecule has 0 spiro atoms. The number of pyridine rings is 2. The molecule has 0 saturated carbocycles. The summed E-state index contributed by atoms with van der Waals surface area (Å²) in [4.78, 5) is 30.7. The zero-order valence-electron chi connectivity index (χ0n) is 24.5. The molecule has 2 saturated heterocycles. The number of anilines is 5. The van der Waals surface area contributed by atoms with Gasteiger partial charge in [0, 0.05) is 62.9 Å². The minimum atomic E-state index is -0.0605. The number of halogens is 2. The van der Waals surface area contributed by atoms with Crippen LogP contribution in [0.25, 0.3) is 11.3 Å². The maximum absolute atomic E-state index is 13.1. The van der Waals surface area contributed by atoms with Crippen molar-refractivity contribution in [3.63, 3.8) is 0 Å². The van der Waals surface area contributed by atoms with Crippen LogP contribution in [0.4, 0.5) is 28.8 Å². The Morgan fingerprint density at radius 1 is 1.02 bits per heavy atom. The Morgan fingerprint density at radius 2 is 1.82 bits per heavy atom. The molecule has 5 N–H and O–H groups in total. The number of aromatic nitrogens is 2. The van der Waals surface area contributed by atoms with E-state index in [4.69, 9.17) is 38.7 Å². The highest BCUT2D eigenvalue weighted by atomic mass is 35.5. The van der Waals surface area contributed by atoms with E-state index in [1.807, 2.05) is 30.1 Å². The van der Waals surface area contributed by atoms with Crippen LogP contribution in [-0.4, -0.2) is 115 Å². The summed E-state index contributed by atoms with van der Waals surface area (Å²) in [5, 5.41) is 22.7. The van der Waals surface area contributed by atoms with Gasteiger partial charge in [-0.2, -0.15) is 0 Å². The molecule has 0 atom stereocenters. The Labute approximate surface area is 266 Å². The van der Waals surface area contributed by atoms with E-state index in [2.05, 4.69) is 20.1 Å². The molecule has 1 amide bonds. The number of hydrogen-bond donors (Lipinski definition) is 4. The van der Waals surface area contributed by atoms with E-state index in [0.29, 0.717) is 78.7 Å². The van der Waals surface area contributed by atoms with Gasteiger partial charge >= 0.3 is 0 Å². The van der Waals surface area contributed by atoms with Crippen LogP contribution < -0.4 is 26.1 Å². The van der Waals surface area contributed by atoms with Crippen LogP contribution >= 0.6 is 23.2 Å². The van der Waals surface area contributed by atoms with E-state index < -0.39 is 0 Å². The first-order valence-electron chi connectivity index (χ1n) is 14.4. The highest BCUT2D eigenvalue weighted by Crippen LogP contribution is 2.37. The maximum atomic E-state index is 13.1. The highest BCUT2D eigenvalue weighted by Gasteiger charge is 2.27. The minimum Gasteiger partial charge on any atom is -0.382 e. The maximum Gasteiger partial charge on any atom is 0.241 e. The summed E-state index contributed by atoms with van der Waals surface area (Å²) in [5.74, 6) is 1.19. The van der Waals surface area contributed by atoms with E-state index >= 15 is 0 Å². The summed E-state index contributed by atoms with van der Waals surface area (Å²) in [5.41, 5.74) is 7.84. The van der Waals surface area contributed by atoms with Crippen LogP contribution in [0.1, 0.15) is 0 Å². The van der Waals surface area contributed by atoms with E-state index in [-0.39, 0.29) is 22.6 Å². The quantitative estimate of drug-likeness (QED) is 0.227. The lowest BCUT2D eigenvalue weighted by atomic mass is 10.1. The lowest BCUT2D eigenvalue weighted by molar-refractivity contribution is -0.120. The molecule has 0 bridgehead atoms. The normalized spacial score (nSPS) is 16.3. The molecule has 5 rings (SSSR count). The molecule has 236 valence electrons. The fourth-order valence-electron chi connectivity index (χ4n) is 5.24. The molecule has 2 fully saturated rings. The van der Waals surface area contributed by atoms with Gasteiger partial charge in [-0.1, -0.05) is 23.2 Å². The molecule has 0 aliphatic carbocycles. The third-order valence-electron chi connectivity index (χ3n) is 7.67. The molecule has 1 aromatic carbocycles. The van der Waals surface area contributed by atoms with Crippen LogP contribution in [0.15, 0.2) is 42.5 Å².